The van der Waals surface area contributed by atoms with Crippen LogP contribution in [0.2, 0.25) is 0 Å². The first-order valence-corrected chi connectivity index (χ1v) is 11.8. The molecule has 0 unspecified atom stereocenters. The average molecular weight is 445 g/mol. The van der Waals surface area contributed by atoms with Crippen molar-refractivity contribution in [3.63, 3.8) is 0 Å². The summed E-state index contributed by atoms with van der Waals surface area (Å²) in [6.07, 6.45) is 2.55. The smallest absolute Gasteiger partial charge is 0.293 e. The maximum atomic E-state index is 13.2. The lowest BCUT2D eigenvalue weighted by Gasteiger charge is -2.44. The summed E-state index contributed by atoms with van der Waals surface area (Å²) in [5.41, 5.74) is 4.70. The Morgan fingerprint density at radius 2 is 1.73 bits per heavy atom. The van der Waals surface area contributed by atoms with Crippen molar-refractivity contribution in [2.45, 2.75) is 51.0 Å². The van der Waals surface area contributed by atoms with Gasteiger partial charge in [0.05, 0.1) is 12.2 Å². The molecule has 0 aliphatic carbocycles. The highest BCUT2D eigenvalue weighted by atomic mass is 16.5. The van der Waals surface area contributed by atoms with Crippen LogP contribution in [0.3, 0.4) is 0 Å². The first-order chi connectivity index (χ1) is 15.8. The normalized spacial score (nSPS) is 17.8. The number of ether oxygens (including phenoxy) is 1. The molecule has 172 valence electrons. The highest BCUT2D eigenvalue weighted by Crippen LogP contribution is 2.41. The molecule has 0 radical (unpaired) electrons. The third-order valence-corrected chi connectivity index (χ3v) is 7.08. The summed E-state index contributed by atoms with van der Waals surface area (Å²) in [7, 11) is 1.84. The lowest BCUT2D eigenvalue weighted by Crippen LogP contribution is -2.48. The van der Waals surface area contributed by atoms with Gasteiger partial charge in [0.25, 0.3) is 5.91 Å². The van der Waals surface area contributed by atoms with Crippen LogP contribution in [0.25, 0.3) is 11.4 Å². The van der Waals surface area contributed by atoms with Gasteiger partial charge in [-0.1, -0.05) is 69.3 Å². The molecule has 5 rings (SSSR count). The van der Waals surface area contributed by atoms with E-state index in [0.29, 0.717) is 18.9 Å². The second kappa shape index (κ2) is 8.10. The summed E-state index contributed by atoms with van der Waals surface area (Å²) < 4.78 is 8.01. The molecule has 0 N–H and O–H groups in total. The number of fused-ring (bicyclic) bond motifs is 2. The number of carbonyl (C=O) groups excluding carboxylic acids is 1. The predicted octanol–water partition coefficient (Wildman–Crippen LogP) is 4.48. The predicted molar refractivity (Wildman–Crippen MR) is 128 cm³/mol. The molecule has 2 aromatic carbocycles. The maximum absolute atomic E-state index is 13.2. The number of benzene rings is 2. The Labute approximate surface area is 195 Å². The van der Waals surface area contributed by atoms with Crippen LogP contribution in [0.1, 0.15) is 60.9 Å². The van der Waals surface area contributed by atoms with Crippen LogP contribution < -0.4 is 0 Å². The van der Waals surface area contributed by atoms with E-state index in [1.807, 2.05) is 11.9 Å². The third-order valence-electron chi connectivity index (χ3n) is 7.08. The number of nitrogens with zero attached hydrogens (tertiary/aromatic N) is 4. The Balaban J connectivity index is 1.32. The fourth-order valence-electron chi connectivity index (χ4n) is 5.09. The van der Waals surface area contributed by atoms with Gasteiger partial charge in [-0.15, -0.1) is 5.10 Å². The molecule has 1 aromatic heterocycles. The zero-order chi connectivity index (χ0) is 23.2. The minimum Gasteiger partial charge on any atom is -0.370 e. The number of amides is 1. The van der Waals surface area contributed by atoms with Crippen molar-refractivity contribution in [2.75, 3.05) is 19.7 Å². The number of aromatic nitrogens is 3. The number of carbonyl (C=O) groups is 1. The van der Waals surface area contributed by atoms with E-state index in [0.717, 1.165) is 31.4 Å². The van der Waals surface area contributed by atoms with E-state index in [4.69, 9.17) is 4.74 Å². The number of rotatable bonds is 2. The van der Waals surface area contributed by atoms with Crippen molar-refractivity contribution in [3.05, 3.63) is 71.0 Å². The number of aryl methyl sites for hydroxylation is 1. The zero-order valence-corrected chi connectivity index (χ0v) is 20.0. The first kappa shape index (κ1) is 21.8. The molecule has 1 saturated heterocycles. The van der Waals surface area contributed by atoms with Gasteiger partial charge in [0.2, 0.25) is 5.82 Å². The minimum absolute atomic E-state index is 0.0910. The summed E-state index contributed by atoms with van der Waals surface area (Å²) in [6, 6.07) is 16.9. The Kier molecular flexibility index (Phi) is 5.36. The third kappa shape index (κ3) is 3.97. The summed E-state index contributed by atoms with van der Waals surface area (Å²) in [5.74, 6) is 0.854. The molecule has 1 fully saturated rings. The van der Waals surface area contributed by atoms with E-state index in [2.05, 4.69) is 79.4 Å². The van der Waals surface area contributed by atoms with Crippen LogP contribution in [0, 0.1) is 0 Å². The summed E-state index contributed by atoms with van der Waals surface area (Å²) in [6.45, 7) is 8.61. The molecular formula is C27H32N4O2. The molecule has 0 bridgehead atoms. The fraction of sp³-hybridized carbons (Fsp3) is 0.444. The zero-order valence-electron chi connectivity index (χ0n) is 20.0. The molecule has 1 spiro atoms. The molecule has 3 heterocycles. The summed E-state index contributed by atoms with van der Waals surface area (Å²) in [5, 5.41) is 4.46. The van der Waals surface area contributed by atoms with Gasteiger partial charge in [0, 0.05) is 25.7 Å². The van der Waals surface area contributed by atoms with Crippen LogP contribution in [0.15, 0.2) is 48.5 Å². The fourth-order valence-corrected chi connectivity index (χ4v) is 5.09. The first-order valence-electron chi connectivity index (χ1n) is 11.8. The van der Waals surface area contributed by atoms with Crippen molar-refractivity contribution in [2.24, 2.45) is 7.05 Å². The van der Waals surface area contributed by atoms with Gasteiger partial charge in [0.1, 0.15) is 0 Å². The Morgan fingerprint density at radius 1 is 1.03 bits per heavy atom. The van der Waals surface area contributed by atoms with Gasteiger partial charge < -0.3 is 9.64 Å². The lowest BCUT2D eigenvalue weighted by atomic mass is 9.79. The molecule has 0 atom stereocenters. The van der Waals surface area contributed by atoms with E-state index >= 15 is 0 Å². The van der Waals surface area contributed by atoms with Crippen molar-refractivity contribution in [1.29, 1.82) is 0 Å². The Hall–Kier alpha value is -2.99. The van der Waals surface area contributed by atoms with Crippen LogP contribution >= 0.6 is 0 Å². The Morgan fingerprint density at radius 3 is 2.42 bits per heavy atom. The molecule has 33 heavy (non-hydrogen) atoms. The Bertz CT molecular complexity index is 1170. The van der Waals surface area contributed by atoms with Gasteiger partial charge in [0.15, 0.2) is 5.82 Å². The van der Waals surface area contributed by atoms with Crippen molar-refractivity contribution >= 4 is 5.91 Å². The van der Waals surface area contributed by atoms with Crippen molar-refractivity contribution in [3.8, 4) is 11.4 Å². The largest absolute Gasteiger partial charge is 0.370 e. The summed E-state index contributed by atoms with van der Waals surface area (Å²) >= 11 is 0. The highest BCUT2D eigenvalue weighted by molar-refractivity contribution is 5.91. The van der Waals surface area contributed by atoms with Crippen molar-refractivity contribution < 1.29 is 9.53 Å². The maximum Gasteiger partial charge on any atom is 0.293 e. The number of likely N-dealkylation sites (tertiary alicyclic amines) is 1. The van der Waals surface area contributed by atoms with Gasteiger partial charge in [-0.2, -0.15) is 0 Å². The molecular weight excluding hydrogens is 412 g/mol. The van der Waals surface area contributed by atoms with Crippen LogP contribution in [0.4, 0.5) is 0 Å². The highest BCUT2D eigenvalue weighted by Gasteiger charge is 2.42. The van der Waals surface area contributed by atoms with Gasteiger partial charge in [-0.25, -0.2) is 9.67 Å². The molecule has 6 nitrogen and oxygen atoms in total. The molecule has 2 aliphatic rings. The van der Waals surface area contributed by atoms with Crippen LogP contribution in [-0.2, 0) is 29.2 Å². The molecule has 1 amide bonds. The van der Waals surface area contributed by atoms with E-state index in [1.165, 1.54) is 16.7 Å². The van der Waals surface area contributed by atoms with Crippen LogP contribution in [-0.4, -0.2) is 45.3 Å². The summed E-state index contributed by atoms with van der Waals surface area (Å²) in [4.78, 5) is 19.7. The molecule has 3 aromatic rings. The van der Waals surface area contributed by atoms with Gasteiger partial charge in [-0.3, -0.25) is 4.79 Å². The topological polar surface area (TPSA) is 60.2 Å². The molecule has 0 saturated carbocycles. The van der Waals surface area contributed by atoms with Crippen molar-refractivity contribution in [1.82, 2.24) is 19.7 Å². The van der Waals surface area contributed by atoms with E-state index in [1.54, 1.807) is 4.68 Å². The number of hydrogen-bond donors (Lipinski definition) is 0. The second-order valence-corrected chi connectivity index (χ2v) is 10.3. The van der Waals surface area contributed by atoms with Crippen LogP contribution in [0.5, 0.6) is 0 Å². The van der Waals surface area contributed by atoms with E-state index in [-0.39, 0.29) is 22.7 Å². The SMILES string of the molecule is Cn1nc(C(=O)N2CCC3(CC2)OCCc2ccccc23)nc1-c1ccc(C(C)(C)C)cc1. The second-order valence-electron chi connectivity index (χ2n) is 10.3. The minimum atomic E-state index is -0.275. The van der Waals surface area contributed by atoms with E-state index < -0.39 is 0 Å². The van der Waals surface area contributed by atoms with Gasteiger partial charge >= 0.3 is 0 Å². The van der Waals surface area contributed by atoms with E-state index in [9.17, 15) is 4.79 Å². The van der Waals surface area contributed by atoms with Gasteiger partial charge in [-0.05, 0) is 41.4 Å². The number of hydrogen-bond acceptors (Lipinski definition) is 4. The monoisotopic (exact) mass is 444 g/mol. The number of piperidine rings is 1. The quantitative estimate of drug-likeness (QED) is 0.585. The lowest BCUT2D eigenvalue weighted by molar-refractivity contribution is -0.0935. The standard InChI is InChI=1S/C27H32N4O2/c1-26(2,3)21-11-9-20(10-12-21)24-28-23(29-30(24)4)25(32)31-16-14-27(15-17-31)22-8-6-5-7-19(22)13-18-33-27/h5-12H,13-18H2,1-4H3. The molecule has 6 heteroatoms. The molecule has 2 aliphatic heterocycles. The average Bonchev–Trinajstić information content (AvgIpc) is 3.21.